The molecule has 0 aliphatic carbocycles. The predicted molar refractivity (Wildman–Crippen MR) is 104 cm³/mol. The maximum atomic E-state index is 12.6. The van der Waals surface area contributed by atoms with E-state index in [1.54, 1.807) is 19.4 Å². The second-order valence-corrected chi connectivity index (χ2v) is 8.17. The van der Waals surface area contributed by atoms with E-state index in [4.69, 9.17) is 9.84 Å². The van der Waals surface area contributed by atoms with Gasteiger partial charge in [-0.1, -0.05) is 32.9 Å². The molecule has 27 heavy (non-hydrogen) atoms. The Morgan fingerprint density at radius 1 is 1.30 bits per heavy atom. The minimum absolute atomic E-state index is 0.0546. The molecule has 0 radical (unpaired) electrons. The van der Waals surface area contributed by atoms with E-state index in [-0.39, 0.29) is 28.2 Å². The van der Waals surface area contributed by atoms with E-state index in [1.807, 2.05) is 22.9 Å². The van der Waals surface area contributed by atoms with Crippen molar-refractivity contribution in [1.82, 2.24) is 14.3 Å². The zero-order valence-corrected chi connectivity index (χ0v) is 16.2. The summed E-state index contributed by atoms with van der Waals surface area (Å²) in [6.07, 6.45) is 1.72. The van der Waals surface area contributed by atoms with E-state index >= 15 is 0 Å². The molecule has 140 valence electrons. The van der Waals surface area contributed by atoms with Crippen molar-refractivity contribution in [1.29, 1.82) is 0 Å². The lowest BCUT2D eigenvalue weighted by molar-refractivity contribution is 0.101. The Bertz CT molecular complexity index is 1130. The number of fused-ring (bicyclic) bond motifs is 5. The summed E-state index contributed by atoms with van der Waals surface area (Å²) in [5.74, 6) is 0.490. The van der Waals surface area contributed by atoms with Gasteiger partial charge >= 0.3 is 0 Å². The topological polar surface area (TPSA) is 66.1 Å². The van der Waals surface area contributed by atoms with E-state index in [0.717, 1.165) is 22.3 Å². The molecule has 1 aliphatic rings. The molecule has 0 spiro atoms. The van der Waals surface area contributed by atoms with Gasteiger partial charge in [-0.2, -0.15) is 5.10 Å². The van der Waals surface area contributed by atoms with E-state index in [0.29, 0.717) is 12.3 Å². The molecule has 3 aromatic rings. The lowest BCUT2D eigenvalue weighted by atomic mass is 9.84. The smallest absolute Gasteiger partial charge is 0.193 e. The van der Waals surface area contributed by atoms with E-state index in [1.165, 1.54) is 6.92 Å². The summed E-state index contributed by atoms with van der Waals surface area (Å²) in [5, 5.41) is 5.72. The van der Waals surface area contributed by atoms with Crippen molar-refractivity contribution in [3.63, 3.8) is 0 Å². The largest absolute Gasteiger partial charge is 0.494 e. The van der Waals surface area contributed by atoms with Gasteiger partial charge in [0.1, 0.15) is 11.3 Å². The molecular formula is C21H23N3O3. The number of ketones is 1. The normalized spacial score (nSPS) is 16.1. The third kappa shape index (κ3) is 2.59. The molecular weight excluding hydrogens is 342 g/mol. The van der Waals surface area contributed by atoms with Gasteiger partial charge in [-0.05, 0) is 18.4 Å². The molecule has 1 atom stereocenters. The zero-order valence-electron chi connectivity index (χ0n) is 16.2. The van der Waals surface area contributed by atoms with Gasteiger partial charge in [0.2, 0.25) is 0 Å². The average Bonchev–Trinajstić information content (AvgIpc) is 2.98. The van der Waals surface area contributed by atoms with Crippen LogP contribution in [0.3, 0.4) is 0 Å². The minimum atomic E-state index is -0.257. The molecule has 4 rings (SSSR count). The van der Waals surface area contributed by atoms with Crippen molar-refractivity contribution >= 4 is 16.7 Å². The monoisotopic (exact) mass is 365 g/mol. The highest BCUT2D eigenvalue weighted by Crippen LogP contribution is 2.42. The third-order valence-corrected chi connectivity index (χ3v) is 5.34. The first kappa shape index (κ1) is 17.5. The summed E-state index contributed by atoms with van der Waals surface area (Å²) in [4.78, 5) is 24.5. The van der Waals surface area contributed by atoms with Gasteiger partial charge in [0.05, 0.1) is 36.6 Å². The lowest BCUT2D eigenvalue weighted by Crippen LogP contribution is -2.35. The summed E-state index contributed by atoms with van der Waals surface area (Å²) >= 11 is 0. The minimum Gasteiger partial charge on any atom is -0.494 e. The Morgan fingerprint density at radius 2 is 2.04 bits per heavy atom. The number of carbonyl (C=O) groups excluding carboxylic acids is 1. The first-order valence-corrected chi connectivity index (χ1v) is 9.03. The standard InChI is InChI=1S/C21H23N3O3/c1-12(25)14-10-23-15(9-16(14)26)20-13-7-6-8-17(27-5)19(13)22-24(20)11-18(23)21(2,3)4/h6-10,18H,11H2,1-5H3. The quantitative estimate of drug-likeness (QED) is 0.650. The van der Waals surface area contributed by atoms with Crippen molar-refractivity contribution in [2.45, 2.75) is 40.3 Å². The first-order chi connectivity index (χ1) is 12.7. The van der Waals surface area contributed by atoms with Crippen LogP contribution in [-0.2, 0) is 6.54 Å². The van der Waals surface area contributed by atoms with Crippen LogP contribution < -0.4 is 10.2 Å². The molecule has 2 aromatic heterocycles. The van der Waals surface area contributed by atoms with Crippen LogP contribution in [0.1, 0.15) is 44.1 Å². The van der Waals surface area contributed by atoms with Crippen LogP contribution >= 0.6 is 0 Å². The number of methoxy groups -OCH3 is 1. The number of rotatable bonds is 2. The number of hydrogen-bond acceptors (Lipinski definition) is 4. The molecule has 3 heterocycles. The van der Waals surface area contributed by atoms with E-state index < -0.39 is 0 Å². The maximum absolute atomic E-state index is 12.6. The Hall–Kier alpha value is -2.89. The van der Waals surface area contributed by atoms with Gasteiger partial charge in [-0.25, -0.2) is 0 Å². The molecule has 6 nitrogen and oxygen atoms in total. The predicted octanol–water partition coefficient (Wildman–Crippen LogP) is 3.68. The zero-order chi connectivity index (χ0) is 19.5. The number of hydrogen-bond donors (Lipinski definition) is 0. The fourth-order valence-corrected chi connectivity index (χ4v) is 3.90. The highest BCUT2D eigenvalue weighted by molar-refractivity contribution is 5.97. The Balaban J connectivity index is 2.09. The molecule has 0 fully saturated rings. The fourth-order valence-electron chi connectivity index (χ4n) is 3.90. The summed E-state index contributed by atoms with van der Waals surface area (Å²) in [5.41, 5.74) is 2.33. The van der Waals surface area contributed by atoms with Gasteiger partial charge in [0, 0.05) is 17.6 Å². The Kier molecular flexibility index (Phi) is 3.77. The molecule has 1 aliphatic heterocycles. The first-order valence-electron chi connectivity index (χ1n) is 9.03. The second kappa shape index (κ2) is 5.81. The Labute approximate surface area is 157 Å². The lowest BCUT2D eigenvalue weighted by Gasteiger charge is -2.38. The fraction of sp³-hybridized carbons (Fsp3) is 0.381. The highest BCUT2D eigenvalue weighted by Gasteiger charge is 2.35. The molecule has 6 heteroatoms. The number of carbonyl (C=O) groups is 1. The van der Waals surface area contributed by atoms with Crippen LogP contribution in [0.5, 0.6) is 5.75 Å². The number of ether oxygens (including phenoxy) is 1. The van der Waals surface area contributed by atoms with Gasteiger partial charge in [-0.15, -0.1) is 0 Å². The molecule has 0 saturated heterocycles. The second-order valence-electron chi connectivity index (χ2n) is 8.17. The van der Waals surface area contributed by atoms with Crippen molar-refractivity contribution in [3.05, 3.63) is 46.2 Å². The molecule has 1 unspecified atom stereocenters. The number of aromatic nitrogens is 3. The van der Waals surface area contributed by atoms with E-state index in [9.17, 15) is 9.59 Å². The van der Waals surface area contributed by atoms with Crippen molar-refractivity contribution in [2.24, 2.45) is 5.41 Å². The molecule has 0 saturated carbocycles. The van der Waals surface area contributed by atoms with Crippen LogP contribution in [-0.4, -0.2) is 27.2 Å². The summed E-state index contributed by atoms with van der Waals surface area (Å²) in [6.45, 7) is 8.55. The van der Waals surface area contributed by atoms with Crippen molar-refractivity contribution in [3.8, 4) is 17.1 Å². The van der Waals surface area contributed by atoms with Gasteiger partial charge in [0.25, 0.3) is 0 Å². The summed E-state index contributed by atoms with van der Waals surface area (Å²) in [7, 11) is 1.63. The van der Waals surface area contributed by atoms with Crippen molar-refractivity contribution < 1.29 is 9.53 Å². The number of Topliss-reactive ketones (excluding diaryl/α,β-unsaturated/α-hetero) is 1. The number of benzene rings is 1. The summed E-state index contributed by atoms with van der Waals surface area (Å²) < 4.78 is 9.51. The van der Waals surface area contributed by atoms with Gasteiger partial charge in [0.15, 0.2) is 11.2 Å². The maximum Gasteiger partial charge on any atom is 0.193 e. The van der Waals surface area contributed by atoms with E-state index in [2.05, 4.69) is 25.3 Å². The third-order valence-electron chi connectivity index (χ3n) is 5.34. The number of pyridine rings is 1. The van der Waals surface area contributed by atoms with Crippen LogP contribution in [0, 0.1) is 5.41 Å². The van der Waals surface area contributed by atoms with Crippen LogP contribution in [0.25, 0.3) is 22.3 Å². The molecule has 0 bridgehead atoms. The van der Waals surface area contributed by atoms with Gasteiger partial charge < -0.3 is 9.30 Å². The highest BCUT2D eigenvalue weighted by atomic mass is 16.5. The van der Waals surface area contributed by atoms with Gasteiger partial charge in [-0.3, -0.25) is 14.3 Å². The SMILES string of the molecule is COc1cccc2c3n(nc12)CC(C(C)(C)C)n1cc(C(C)=O)c(=O)cc1-3. The molecule has 0 N–H and O–H groups in total. The van der Waals surface area contributed by atoms with Crippen molar-refractivity contribution in [2.75, 3.05) is 7.11 Å². The Morgan fingerprint density at radius 3 is 2.67 bits per heavy atom. The number of nitrogens with zero attached hydrogens (tertiary/aromatic N) is 3. The van der Waals surface area contributed by atoms with Crippen LogP contribution in [0.4, 0.5) is 0 Å². The van der Waals surface area contributed by atoms with Crippen LogP contribution in [0.15, 0.2) is 35.3 Å². The summed E-state index contributed by atoms with van der Waals surface area (Å²) in [6, 6.07) is 7.42. The molecule has 1 aromatic carbocycles. The average molecular weight is 365 g/mol. The van der Waals surface area contributed by atoms with Crippen LogP contribution in [0.2, 0.25) is 0 Å². The molecule has 0 amide bonds.